The Labute approximate surface area is 106 Å². The van der Waals surface area contributed by atoms with Crippen molar-refractivity contribution in [1.82, 2.24) is 20.7 Å². The summed E-state index contributed by atoms with van der Waals surface area (Å²) in [5, 5.41) is 22.4. The molecule has 18 heavy (non-hydrogen) atoms. The minimum atomic E-state index is -0.748. The van der Waals surface area contributed by atoms with E-state index in [0.29, 0.717) is 12.1 Å². The molecule has 0 aliphatic rings. The van der Waals surface area contributed by atoms with E-state index in [1.54, 1.807) is 27.7 Å². The molecule has 0 fully saturated rings. The Balaban J connectivity index is 2.40. The third-order valence-corrected chi connectivity index (χ3v) is 2.20. The van der Waals surface area contributed by atoms with Gasteiger partial charge in [0.2, 0.25) is 0 Å². The number of hydrogen-bond acceptors (Lipinski definition) is 5. The average Bonchev–Trinajstić information content (AvgIpc) is 2.66. The Kier molecular flexibility index (Phi) is 4.66. The van der Waals surface area contributed by atoms with Crippen molar-refractivity contribution in [2.75, 3.05) is 0 Å². The van der Waals surface area contributed by atoms with Gasteiger partial charge in [-0.25, -0.2) is 4.79 Å². The Morgan fingerprint density at radius 2 is 2.28 bits per heavy atom. The van der Waals surface area contributed by atoms with Crippen LogP contribution in [0.1, 0.15) is 33.4 Å². The number of aliphatic hydroxyl groups is 1. The van der Waals surface area contributed by atoms with Crippen molar-refractivity contribution in [3.63, 3.8) is 0 Å². The summed E-state index contributed by atoms with van der Waals surface area (Å²) in [6.45, 7) is 7.05. The smallest absolute Gasteiger partial charge is 0.407 e. The number of amides is 1. The van der Waals surface area contributed by atoms with E-state index in [2.05, 4.69) is 20.7 Å². The summed E-state index contributed by atoms with van der Waals surface area (Å²) in [5.74, 6) is 0. The van der Waals surface area contributed by atoms with Crippen LogP contribution in [-0.4, -0.2) is 44.4 Å². The zero-order valence-electron chi connectivity index (χ0n) is 11.1. The third kappa shape index (κ3) is 5.13. The lowest BCUT2D eigenvalue weighted by Gasteiger charge is -2.24. The van der Waals surface area contributed by atoms with Crippen molar-refractivity contribution in [1.29, 1.82) is 0 Å². The zero-order valence-corrected chi connectivity index (χ0v) is 11.1. The van der Waals surface area contributed by atoms with Gasteiger partial charge in [0, 0.05) is 6.42 Å². The Bertz CT molecular complexity index is 372. The van der Waals surface area contributed by atoms with Gasteiger partial charge in [-0.1, -0.05) is 0 Å². The van der Waals surface area contributed by atoms with E-state index in [1.165, 1.54) is 6.20 Å². The van der Waals surface area contributed by atoms with E-state index >= 15 is 0 Å². The van der Waals surface area contributed by atoms with Crippen LogP contribution < -0.4 is 5.32 Å². The quantitative estimate of drug-likeness (QED) is 0.733. The number of alkyl carbamates (subject to hydrolysis) is 1. The molecule has 0 aliphatic carbocycles. The molecule has 2 atom stereocenters. The minimum Gasteiger partial charge on any atom is -0.444 e. The summed E-state index contributed by atoms with van der Waals surface area (Å²) in [6.07, 6.45) is 0.550. The molecule has 7 heteroatoms. The molecule has 0 spiro atoms. The van der Waals surface area contributed by atoms with Crippen molar-refractivity contribution in [3.05, 3.63) is 11.9 Å². The number of aromatic amines is 1. The van der Waals surface area contributed by atoms with E-state index in [-0.39, 0.29) is 0 Å². The van der Waals surface area contributed by atoms with E-state index in [9.17, 15) is 9.90 Å². The number of nitrogens with one attached hydrogen (secondary N) is 2. The molecule has 0 saturated carbocycles. The molecular formula is C11H20N4O3. The van der Waals surface area contributed by atoms with Gasteiger partial charge in [-0.15, -0.1) is 0 Å². The van der Waals surface area contributed by atoms with Gasteiger partial charge in [0.25, 0.3) is 0 Å². The molecule has 102 valence electrons. The number of hydrogen-bond donors (Lipinski definition) is 3. The van der Waals surface area contributed by atoms with Gasteiger partial charge in [-0.05, 0) is 27.7 Å². The molecule has 0 radical (unpaired) electrons. The summed E-state index contributed by atoms with van der Waals surface area (Å²) in [5.41, 5.74) is 0.0845. The SMILES string of the molecule is C[C@H](NC(=O)OC(C)(C)C)C(O)Cc1cn[nH]n1. The fourth-order valence-corrected chi connectivity index (χ4v) is 1.30. The highest BCUT2D eigenvalue weighted by atomic mass is 16.6. The second-order valence-corrected chi connectivity index (χ2v) is 5.17. The molecule has 0 bridgehead atoms. The van der Waals surface area contributed by atoms with Crippen molar-refractivity contribution < 1.29 is 14.6 Å². The highest BCUT2D eigenvalue weighted by Gasteiger charge is 2.22. The van der Waals surface area contributed by atoms with Gasteiger partial charge >= 0.3 is 6.09 Å². The summed E-state index contributed by atoms with van der Waals surface area (Å²) < 4.78 is 5.10. The number of carbonyl (C=O) groups is 1. The molecule has 0 aliphatic heterocycles. The Hall–Kier alpha value is -1.63. The topological polar surface area (TPSA) is 100 Å². The number of rotatable bonds is 4. The average molecular weight is 256 g/mol. The normalized spacial score (nSPS) is 14.9. The Morgan fingerprint density at radius 3 is 2.78 bits per heavy atom. The molecule has 7 nitrogen and oxygen atoms in total. The lowest BCUT2D eigenvalue weighted by atomic mass is 10.1. The molecule has 0 saturated heterocycles. The summed E-state index contributed by atoms with van der Waals surface area (Å²) >= 11 is 0. The molecule has 1 rings (SSSR count). The zero-order chi connectivity index (χ0) is 13.8. The first-order valence-corrected chi connectivity index (χ1v) is 5.80. The molecule has 1 aromatic heterocycles. The van der Waals surface area contributed by atoms with E-state index in [4.69, 9.17) is 4.74 Å². The number of carbonyl (C=O) groups excluding carboxylic acids is 1. The van der Waals surface area contributed by atoms with E-state index in [1.807, 2.05) is 0 Å². The van der Waals surface area contributed by atoms with Gasteiger partial charge < -0.3 is 15.2 Å². The number of ether oxygens (including phenoxy) is 1. The lowest BCUT2D eigenvalue weighted by molar-refractivity contribution is 0.0436. The first-order chi connectivity index (χ1) is 8.28. The predicted octanol–water partition coefficient (Wildman–Crippen LogP) is 0.621. The standard InChI is InChI=1S/C11H20N4O3/c1-7(13-10(17)18-11(2,3)4)9(16)5-8-6-12-15-14-8/h6-7,9,16H,5H2,1-4H3,(H,13,17)(H,12,14,15)/t7-,9?/m0/s1. The van der Waals surface area contributed by atoms with Crippen LogP contribution in [0.15, 0.2) is 6.20 Å². The maximum absolute atomic E-state index is 11.5. The van der Waals surface area contributed by atoms with Gasteiger partial charge in [-0.2, -0.15) is 15.4 Å². The maximum Gasteiger partial charge on any atom is 0.407 e. The van der Waals surface area contributed by atoms with Crippen LogP contribution >= 0.6 is 0 Å². The second kappa shape index (κ2) is 5.81. The summed E-state index contributed by atoms with van der Waals surface area (Å²) in [4.78, 5) is 11.5. The highest BCUT2D eigenvalue weighted by Crippen LogP contribution is 2.08. The van der Waals surface area contributed by atoms with Crippen LogP contribution in [0.2, 0.25) is 0 Å². The number of aliphatic hydroxyl groups excluding tert-OH is 1. The molecule has 1 aromatic rings. The van der Waals surface area contributed by atoms with Gasteiger partial charge in [0.05, 0.1) is 24.0 Å². The van der Waals surface area contributed by atoms with E-state index in [0.717, 1.165) is 0 Å². The van der Waals surface area contributed by atoms with Crippen LogP contribution in [0.3, 0.4) is 0 Å². The van der Waals surface area contributed by atoms with Crippen LogP contribution in [0.5, 0.6) is 0 Å². The Morgan fingerprint density at radius 1 is 1.61 bits per heavy atom. The molecule has 1 heterocycles. The first-order valence-electron chi connectivity index (χ1n) is 5.80. The lowest BCUT2D eigenvalue weighted by Crippen LogP contribution is -2.44. The first kappa shape index (κ1) is 14.4. The predicted molar refractivity (Wildman–Crippen MR) is 64.9 cm³/mol. The van der Waals surface area contributed by atoms with Crippen molar-refractivity contribution in [2.45, 2.75) is 51.9 Å². The number of nitrogens with zero attached hydrogens (tertiary/aromatic N) is 2. The second-order valence-electron chi connectivity index (χ2n) is 5.17. The largest absolute Gasteiger partial charge is 0.444 e. The highest BCUT2D eigenvalue weighted by molar-refractivity contribution is 5.68. The van der Waals surface area contributed by atoms with Crippen molar-refractivity contribution in [3.8, 4) is 0 Å². The van der Waals surface area contributed by atoms with Crippen LogP contribution in [0, 0.1) is 0 Å². The maximum atomic E-state index is 11.5. The minimum absolute atomic E-state index is 0.313. The van der Waals surface area contributed by atoms with Gasteiger partial charge in [0.15, 0.2) is 0 Å². The third-order valence-electron chi connectivity index (χ3n) is 2.20. The van der Waals surface area contributed by atoms with Crippen molar-refractivity contribution >= 4 is 6.09 Å². The summed E-state index contributed by atoms with van der Waals surface area (Å²) in [7, 11) is 0. The van der Waals surface area contributed by atoms with E-state index < -0.39 is 23.8 Å². The fraction of sp³-hybridized carbons (Fsp3) is 0.727. The molecule has 1 unspecified atom stereocenters. The van der Waals surface area contributed by atoms with Crippen LogP contribution in [-0.2, 0) is 11.2 Å². The molecule has 1 amide bonds. The molecule has 0 aromatic carbocycles. The van der Waals surface area contributed by atoms with Gasteiger partial charge in [-0.3, -0.25) is 0 Å². The molecule has 3 N–H and O–H groups in total. The van der Waals surface area contributed by atoms with Crippen LogP contribution in [0.25, 0.3) is 0 Å². The summed E-state index contributed by atoms with van der Waals surface area (Å²) in [6, 6.07) is -0.434. The van der Waals surface area contributed by atoms with Crippen LogP contribution in [0.4, 0.5) is 4.79 Å². The van der Waals surface area contributed by atoms with Crippen molar-refractivity contribution in [2.24, 2.45) is 0 Å². The number of H-pyrrole nitrogens is 1. The monoisotopic (exact) mass is 256 g/mol. The van der Waals surface area contributed by atoms with Gasteiger partial charge in [0.1, 0.15) is 5.60 Å². The molecular weight excluding hydrogens is 236 g/mol. The fourth-order valence-electron chi connectivity index (χ4n) is 1.30. The number of aromatic nitrogens is 3.